The van der Waals surface area contributed by atoms with Gasteiger partial charge in [0.25, 0.3) is 0 Å². The second kappa shape index (κ2) is 4.43. The molecule has 2 aliphatic rings. The van der Waals surface area contributed by atoms with E-state index in [0.717, 1.165) is 37.0 Å². The number of alkyl halides is 1. The van der Waals surface area contributed by atoms with E-state index in [1.54, 1.807) is 0 Å². The van der Waals surface area contributed by atoms with Crippen LogP contribution in [0.5, 0.6) is 0 Å². The summed E-state index contributed by atoms with van der Waals surface area (Å²) in [4.78, 5) is 0. The van der Waals surface area contributed by atoms with Crippen LogP contribution in [0.1, 0.15) is 52.9 Å². The number of rotatable bonds is 2. The molecular weight excluding hydrogens is 187 g/mol. The van der Waals surface area contributed by atoms with Crippen LogP contribution in [0.25, 0.3) is 0 Å². The highest BCUT2D eigenvalue weighted by atomic mass is 19.1. The van der Waals surface area contributed by atoms with Crippen molar-refractivity contribution in [1.82, 2.24) is 0 Å². The SMILES string of the molecule is CC(C)C1CC(C2CCCC2F)CC1C. The molecule has 5 atom stereocenters. The molecule has 2 saturated carbocycles. The lowest BCUT2D eigenvalue weighted by Crippen LogP contribution is -2.18. The summed E-state index contributed by atoms with van der Waals surface area (Å²) in [5.74, 6) is 3.57. The first-order chi connectivity index (χ1) is 7.09. The molecule has 88 valence electrons. The Morgan fingerprint density at radius 3 is 2.33 bits per heavy atom. The first kappa shape index (κ1) is 11.4. The molecule has 0 heterocycles. The number of hydrogen-bond donors (Lipinski definition) is 0. The van der Waals surface area contributed by atoms with E-state index in [0.29, 0.717) is 11.8 Å². The van der Waals surface area contributed by atoms with E-state index >= 15 is 0 Å². The average Bonchev–Trinajstić information content (AvgIpc) is 2.71. The zero-order valence-corrected chi connectivity index (χ0v) is 10.4. The van der Waals surface area contributed by atoms with Gasteiger partial charge in [-0.1, -0.05) is 27.2 Å². The van der Waals surface area contributed by atoms with Crippen molar-refractivity contribution in [2.75, 3.05) is 0 Å². The van der Waals surface area contributed by atoms with Crippen molar-refractivity contribution in [3.8, 4) is 0 Å². The van der Waals surface area contributed by atoms with Crippen molar-refractivity contribution in [3.05, 3.63) is 0 Å². The zero-order valence-electron chi connectivity index (χ0n) is 10.4. The predicted molar refractivity (Wildman–Crippen MR) is 62.5 cm³/mol. The van der Waals surface area contributed by atoms with Crippen molar-refractivity contribution in [2.24, 2.45) is 29.6 Å². The molecule has 0 aromatic carbocycles. The molecule has 0 aliphatic heterocycles. The third kappa shape index (κ3) is 2.21. The Morgan fingerprint density at radius 1 is 1.13 bits per heavy atom. The molecule has 1 heteroatoms. The van der Waals surface area contributed by atoms with Gasteiger partial charge in [0.2, 0.25) is 0 Å². The minimum atomic E-state index is -0.479. The van der Waals surface area contributed by atoms with Crippen molar-refractivity contribution in [1.29, 1.82) is 0 Å². The maximum atomic E-state index is 13.7. The lowest BCUT2D eigenvalue weighted by molar-refractivity contribution is 0.191. The minimum absolute atomic E-state index is 0.413. The average molecular weight is 212 g/mol. The summed E-state index contributed by atoms with van der Waals surface area (Å²) in [6, 6.07) is 0. The summed E-state index contributed by atoms with van der Waals surface area (Å²) >= 11 is 0. The summed E-state index contributed by atoms with van der Waals surface area (Å²) in [6.07, 6.45) is 5.22. The fraction of sp³-hybridized carbons (Fsp3) is 1.00. The van der Waals surface area contributed by atoms with Crippen LogP contribution in [0.4, 0.5) is 4.39 Å². The van der Waals surface area contributed by atoms with Gasteiger partial charge in [0.15, 0.2) is 0 Å². The minimum Gasteiger partial charge on any atom is -0.247 e. The van der Waals surface area contributed by atoms with Gasteiger partial charge in [-0.15, -0.1) is 0 Å². The molecule has 0 bridgehead atoms. The van der Waals surface area contributed by atoms with Crippen LogP contribution < -0.4 is 0 Å². The molecule has 2 rings (SSSR count). The van der Waals surface area contributed by atoms with Gasteiger partial charge in [0, 0.05) is 0 Å². The molecule has 0 spiro atoms. The van der Waals surface area contributed by atoms with E-state index in [1.165, 1.54) is 12.8 Å². The number of halogens is 1. The Bertz CT molecular complexity index is 211. The molecule has 2 aliphatic carbocycles. The fourth-order valence-electron chi connectivity index (χ4n) is 4.08. The van der Waals surface area contributed by atoms with Crippen molar-refractivity contribution in [2.45, 2.75) is 59.0 Å². The van der Waals surface area contributed by atoms with Crippen LogP contribution in [0, 0.1) is 29.6 Å². The van der Waals surface area contributed by atoms with E-state index in [-0.39, 0.29) is 0 Å². The van der Waals surface area contributed by atoms with E-state index in [9.17, 15) is 4.39 Å². The lowest BCUT2D eigenvalue weighted by Gasteiger charge is -2.21. The van der Waals surface area contributed by atoms with Gasteiger partial charge in [-0.25, -0.2) is 4.39 Å². The standard InChI is InChI=1S/C14H25F/c1-9(2)13-8-11(7-10(13)3)12-5-4-6-14(12)15/h9-14H,4-8H2,1-3H3. The Morgan fingerprint density at radius 2 is 1.87 bits per heavy atom. The van der Waals surface area contributed by atoms with Gasteiger partial charge in [0.1, 0.15) is 6.17 Å². The molecule has 0 N–H and O–H groups in total. The predicted octanol–water partition coefficient (Wildman–Crippen LogP) is 4.44. The Hall–Kier alpha value is -0.0700. The highest BCUT2D eigenvalue weighted by Gasteiger charge is 2.41. The summed E-state index contributed by atoms with van der Waals surface area (Å²) in [7, 11) is 0. The van der Waals surface area contributed by atoms with Gasteiger partial charge in [-0.3, -0.25) is 0 Å². The maximum Gasteiger partial charge on any atom is 0.103 e. The van der Waals surface area contributed by atoms with Gasteiger partial charge in [-0.05, 0) is 55.3 Å². The highest BCUT2D eigenvalue weighted by molar-refractivity contribution is 4.91. The van der Waals surface area contributed by atoms with Gasteiger partial charge in [0.05, 0.1) is 0 Å². The van der Waals surface area contributed by atoms with Crippen LogP contribution in [0.2, 0.25) is 0 Å². The summed E-state index contributed by atoms with van der Waals surface area (Å²) in [5, 5.41) is 0. The normalized spacial score (nSPS) is 46.6. The van der Waals surface area contributed by atoms with Crippen LogP contribution in [0.15, 0.2) is 0 Å². The topological polar surface area (TPSA) is 0 Å². The van der Waals surface area contributed by atoms with E-state index in [2.05, 4.69) is 20.8 Å². The number of hydrogen-bond acceptors (Lipinski definition) is 0. The van der Waals surface area contributed by atoms with Crippen molar-refractivity contribution < 1.29 is 4.39 Å². The Labute approximate surface area is 93.6 Å². The largest absolute Gasteiger partial charge is 0.247 e. The molecular formula is C14H25F. The molecule has 0 amide bonds. The molecule has 0 aromatic rings. The summed E-state index contributed by atoms with van der Waals surface area (Å²) in [6.45, 7) is 7.02. The quantitative estimate of drug-likeness (QED) is 0.634. The van der Waals surface area contributed by atoms with Crippen LogP contribution in [-0.4, -0.2) is 6.17 Å². The summed E-state index contributed by atoms with van der Waals surface area (Å²) < 4.78 is 13.7. The van der Waals surface area contributed by atoms with E-state index < -0.39 is 6.17 Å². The third-order valence-corrected chi connectivity index (χ3v) is 4.92. The molecule has 2 fully saturated rings. The third-order valence-electron chi connectivity index (χ3n) is 4.92. The summed E-state index contributed by atoms with van der Waals surface area (Å²) in [5.41, 5.74) is 0. The molecule has 0 saturated heterocycles. The van der Waals surface area contributed by atoms with Gasteiger partial charge in [-0.2, -0.15) is 0 Å². The van der Waals surface area contributed by atoms with E-state index in [4.69, 9.17) is 0 Å². The maximum absolute atomic E-state index is 13.7. The highest BCUT2D eigenvalue weighted by Crippen LogP contribution is 2.48. The zero-order chi connectivity index (χ0) is 11.0. The first-order valence-electron chi connectivity index (χ1n) is 6.73. The van der Waals surface area contributed by atoms with Crippen LogP contribution in [0.3, 0.4) is 0 Å². The molecule has 0 radical (unpaired) electrons. The second-order valence-corrected chi connectivity index (χ2v) is 6.23. The second-order valence-electron chi connectivity index (χ2n) is 6.23. The Kier molecular flexibility index (Phi) is 3.37. The van der Waals surface area contributed by atoms with E-state index in [1.807, 2.05) is 0 Å². The first-order valence-corrected chi connectivity index (χ1v) is 6.73. The van der Waals surface area contributed by atoms with Gasteiger partial charge < -0.3 is 0 Å². The van der Waals surface area contributed by atoms with Crippen molar-refractivity contribution in [3.63, 3.8) is 0 Å². The van der Waals surface area contributed by atoms with Crippen molar-refractivity contribution >= 4 is 0 Å². The van der Waals surface area contributed by atoms with Crippen LogP contribution >= 0.6 is 0 Å². The fourth-order valence-corrected chi connectivity index (χ4v) is 4.08. The Balaban J connectivity index is 1.96. The van der Waals surface area contributed by atoms with Gasteiger partial charge >= 0.3 is 0 Å². The smallest absolute Gasteiger partial charge is 0.103 e. The molecule has 5 unspecified atom stereocenters. The lowest BCUT2D eigenvalue weighted by atomic mass is 9.85. The van der Waals surface area contributed by atoms with Crippen LogP contribution in [-0.2, 0) is 0 Å². The molecule has 0 nitrogen and oxygen atoms in total. The molecule has 15 heavy (non-hydrogen) atoms. The molecule has 0 aromatic heterocycles. The monoisotopic (exact) mass is 212 g/mol.